The van der Waals surface area contributed by atoms with Gasteiger partial charge in [-0.3, -0.25) is 4.72 Å². The van der Waals surface area contributed by atoms with E-state index in [2.05, 4.69) is 9.71 Å². The maximum Gasteiger partial charge on any atom is 0.280 e. The maximum absolute atomic E-state index is 13.0. The third-order valence-electron chi connectivity index (χ3n) is 4.31. The van der Waals surface area contributed by atoms with E-state index in [1.165, 1.54) is 46.7 Å². The van der Waals surface area contributed by atoms with Crippen LogP contribution in [0.2, 0.25) is 0 Å². The highest BCUT2D eigenvalue weighted by atomic mass is 32.2. The summed E-state index contributed by atoms with van der Waals surface area (Å²) in [5, 5.41) is -0.152. The number of methoxy groups -OCH3 is 1. The average Bonchev–Trinajstić information content (AvgIpc) is 3.09. The number of benzene rings is 1. The van der Waals surface area contributed by atoms with E-state index in [0.29, 0.717) is 13.1 Å². The van der Waals surface area contributed by atoms with Crippen LogP contribution in [0.3, 0.4) is 0 Å². The van der Waals surface area contributed by atoms with Crippen molar-refractivity contribution in [2.24, 2.45) is 7.05 Å². The molecule has 9 nitrogen and oxygen atoms in total. The zero-order valence-electron chi connectivity index (χ0n) is 15.1. The smallest absolute Gasteiger partial charge is 0.280 e. The molecule has 2 aromatic rings. The highest BCUT2D eigenvalue weighted by Gasteiger charge is 2.29. The van der Waals surface area contributed by atoms with Gasteiger partial charge in [0.2, 0.25) is 10.0 Å². The highest BCUT2D eigenvalue weighted by molar-refractivity contribution is 7.92. The monoisotopic (exact) mass is 414 g/mol. The van der Waals surface area contributed by atoms with Crippen molar-refractivity contribution in [2.75, 3.05) is 24.9 Å². The van der Waals surface area contributed by atoms with E-state index in [0.717, 1.165) is 19.3 Å². The van der Waals surface area contributed by atoms with Crippen molar-refractivity contribution in [1.29, 1.82) is 0 Å². The molecule has 1 saturated heterocycles. The summed E-state index contributed by atoms with van der Waals surface area (Å²) in [5.41, 5.74) is 0.122. The second-order valence-corrected chi connectivity index (χ2v) is 9.85. The number of imidazole rings is 1. The number of anilines is 1. The molecule has 3 rings (SSSR count). The molecule has 1 aliphatic rings. The Kier molecular flexibility index (Phi) is 5.45. The molecular formula is C16H22N4O5S2. The summed E-state index contributed by atoms with van der Waals surface area (Å²) in [7, 11) is -4.69. The van der Waals surface area contributed by atoms with E-state index in [4.69, 9.17) is 4.74 Å². The molecule has 0 bridgehead atoms. The molecule has 148 valence electrons. The van der Waals surface area contributed by atoms with Crippen molar-refractivity contribution in [2.45, 2.75) is 29.2 Å². The number of nitrogens with zero attached hydrogens (tertiary/aromatic N) is 3. The number of sulfonamides is 2. The molecule has 0 amide bonds. The lowest BCUT2D eigenvalue weighted by atomic mass is 10.2. The lowest BCUT2D eigenvalue weighted by molar-refractivity contribution is 0.343. The summed E-state index contributed by atoms with van der Waals surface area (Å²) in [6.07, 6.45) is 5.32. The number of hydrogen-bond acceptors (Lipinski definition) is 6. The van der Waals surface area contributed by atoms with Crippen LogP contribution in [0.15, 0.2) is 40.6 Å². The van der Waals surface area contributed by atoms with Crippen LogP contribution in [0.25, 0.3) is 0 Å². The Hall–Kier alpha value is -2.11. The number of aromatic nitrogens is 2. The van der Waals surface area contributed by atoms with E-state index in [-0.39, 0.29) is 21.4 Å². The Labute approximate surface area is 159 Å². The van der Waals surface area contributed by atoms with Gasteiger partial charge in [-0.05, 0) is 31.0 Å². The van der Waals surface area contributed by atoms with Crippen LogP contribution in [0, 0.1) is 0 Å². The minimum absolute atomic E-state index is 0.0619. The summed E-state index contributed by atoms with van der Waals surface area (Å²) in [4.78, 5) is 3.76. The fraction of sp³-hybridized carbons (Fsp3) is 0.438. The number of nitrogens with one attached hydrogen (secondary N) is 1. The Bertz CT molecular complexity index is 1020. The third-order valence-corrected chi connectivity index (χ3v) is 7.49. The van der Waals surface area contributed by atoms with E-state index < -0.39 is 20.0 Å². The lowest BCUT2D eigenvalue weighted by Gasteiger charge is -2.26. The molecule has 0 saturated carbocycles. The molecule has 1 fully saturated rings. The van der Waals surface area contributed by atoms with Crippen LogP contribution in [0.4, 0.5) is 5.69 Å². The maximum atomic E-state index is 13.0. The Morgan fingerprint density at radius 3 is 2.41 bits per heavy atom. The zero-order valence-corrected chi connectivity index (χ0v) is 16.8. The minimum Gasteiger partial charge on any atom is -0.495 e. The summed E-state index contributed by atoms with van der Waals surface area (Å²) in [6, 6.07) is 4.17. The van der Waals surface area contributed by atoms with Crippen molar-refractivity contribution < 1.29 is 21.6 Å². The van der Waals surface area contributed by atoms with Crippen LogP contribution >= 0.6 is 0 Å². The van der Waals surface area contributed by atoms with Gasteiger partial charge >= 0.3 is 0 Å². The minimum atomic E-state index is -3.93. The van der Waals surface area contributed by atoms with Gasteiger partial charge in [0.25, 0.3) is 10.0 Å². The fourth-order valence-corrected chi connectivity index (χ4v) is 5.65. The molecule has 27 heavy (non-hydrogen) atoms. The van der Waals surface area contributed by atoms with Crippen LogP contribution in [-0.4, -0.2) is 50.9 Å². The van der Waals surface area contributed by atoms with Crippen molar-refractivity contribution in [3.05, 3.63) is 30.7 Å². The van der Waals surface area contributed by atoms with Crippen molar-refractivity contribution in [1.82, 2.24) is 13.9 Å². The van der Waals surface area contributed by atoms with Gasteiger partial charge in [0.05, 0.1) is 19.1 Å². The van der Waals surface area contributed by atoms with Crippen LogP contribution < -0.4 is 9.46 Å². The summed E-state index contributed by atoms with van der Waals surface area (Å²) in [6.45, 7) is 0.880. The first-order valence-corrected chi connectivity index (χ1v) is 11.4. The molecule has 1 N–H and O–H groups in total. The summed E-state index contributed by atoms with van der Waals surface area (Å²) >= 11 is 0. The van der Waals surface area contributed by atoms with Crippen LogP contribution in [-0.2, 0) is 27.1 Å². The fourth-order valence-electron chi connectivity index (χ4n) is 2.92. The number of hydrogen-bond donors (Lipinski definition) is 1. The van der Waals surface area contributed by atoms with E-state index in [1.54, 1.807) is 7.05 Å². The topological polar surface area (TPSA) is 111 Å². The second-order valence-electron chi connectivity index (χ2n) is 6.31. The number of rotatable bonds is 6. The molecule has 0 spiro atoms. The van der Waals surface area contributed by atoms with Crippen molar-refractivity contribution >= 4 is 25.7 Å². The molecular weight excluding hydrogens is 392 g/mol. The van der Waals surface area contributed by atoms with Gasteiger partial charge in [-0.15, -0.1) is 0 Å². The second kappa shape index (κ2) is 7.49. The quantitative estimate of drug-likeness (QED) is 0.765. The van der Waals surface area contributed by atoms with Crippen molar-refractivity contribution in [3.8, 4) is 5.75 Å². The standard InChI is InChI=1S/C16H22N4O5S2/c1-19-11-16(17-12-19)26(21,22)18-13-6-7-14(25-2)15(10-13)27(23,24)20-8-4-3-5-9-20/h6-7,10-12,18H,3-5,8-9H2,1-2H3. The first kappa shape index (κ1) is 19.6. The van der Waals surface area contributed by atoms with Crippen LogP contribution in [0.1, 0.15) is 19.3 Å². The number of aryl methyl sites for hydroxylation is 1. The Balaban J connectivity index is 1.96. The van der Waals surface area contributed by atoms with Gasteiger partial charge in [-0.2, -0.15) is 12.7 Å². The normalized spacial score (nSPS) is 16.2. The van der Waals surface area contributed by atoms with Gasteiger partial charge in [0.1, 0.15) is 10.6 Å². The summed E-state index contributed by atoms with van der Waals surface area (Å²) < 4.78 is 61.4. The first-order valence-electron chi connectivity index (χ1n) is 8.43. The Morgan fingerprint density at radius 1 is 1.11 bits per heavy atom. The predicted molar refractivity (Wildman–Crippen MR) is 99.6 cm³/mol. The molecule has 1 aliphatic heterocycles. The van der Waals surface area contributed by atoms with Crippen molar-refractivity contribution in [3.63, 3.8) is 0 Å². The zero-order chi connectivity index (χ0) is 19.7. The van der Waals surface area contributed by atoms with E-state index in [1.807, 2.05) is 0 Å². The molecule has 0 radical (unpaired) electrons. The molecule has 11 heteroatoms. The summed E-state index contributed by atoms with van der Waals surface area (Å²) in [5.74, 6) is 0.168. The molecule has 0 atom stereocenters. The highest BCUT2D eigenvalue weighted by Crippen LogP contribution is 2.31. The molecule has 0 unspecified atom stereocenters. The molecule has 0 aliphatic carbocycles. The number of piperidine rings is 1. The third kappa shape index (κ3) is 4.09. The SMILES string of the molecule is COc1ccc(NS(=O)(=O)c2cn(C)cn2)cc1S(=O)(=O)N1CCCCC1. The Morgan fingerprint density at radius 2 is 1.81 bits per heavy atom. The predicted octanol–water partition coefficient (Wildman–Crippen LogP) is 1.40. The van der Waals surface area contributed by atoms with Gasteiger partial charge in [0, 0.05) is 26.3 Å². The largest absolute Gasteiger partial charge is 0.495 e. The lowest BCUT2D eigenvalue weighted by Crippen LogP contribution is -2.35. The molecule has 1 aromatic carbocycles. The van der Waals surface area contributed by atoms with Crippen LogP contribution in [0.5, 0.6) is 5.75 Å². The molecule has 2 heterocycles. The molecule has 1 aromatic heterocycles. The average molecular weight is 415 g/mol. The first-order chi connectivity index (χ1) is 12.7. The van der Waals surface area contributed by atoms with Gasteiger partial charge in [-0.1, -0.05) is 6.42 Å². The number of ether oxygens (including phenoxy) is 1. The van der Waals surface area contributed by atoms with Gasteiger partial charge < -0.3 is 9.30 Å². The van der Waals surface area contributed by atoms with Gasteiger partial charge in [0.15, 0.2) is 5.03 Å². The van der Waals surface area contributed by atoms with E-state index in [9.17, 15) is 16.8 Å². The van der Waals surface area contributed by atoms with E-state index >= 15 is 0 Å². The van der Waals surface area contributed by atoms with Gasteiger partial charge in [-0.25, -0.2) is 13.4 Å².